The second-order valence-corrected chi connectivity index (χ2v) is 12.1. The second-order valence-electron chi connectivity index (χ2n) is 11.7. The molecule has 0 bridgehead atoms. The van der Waals surface area contributed by atoms with E-state index in [4.69, 9.17) is 44.7 Å². The molecule has 0 fully saturated rings. The number of anilines is 3. The minimum Gasteiger partial charge on any atom is -0.396 e. The van der Waals surface area contributed by atoms with Crippen molar-refractivity contribution in [2.24, 2.45) is 5.73 Å². The van der Waals surface area contributed by atoms with Crippen LogP contribution in [-0.4, -0.2) is 94.4 Å². The molecule has 10 N–H and O–H groups in total. The number of aromatic nitrogens is 12. The van der Waals surface area contributed by atoms with Crippen LogP contribution in [0.5, 0.6) is 0 Å². The molecular formula is C33H53ClN16O2. The number of aliphatic hydroxyl groups excluding tert-OH is 2. The molecule has 0 spiro atoms. The van der Waals surface area contributed by atoms with Gasteiger partial charge >= 0.3 is 0 Å². The van der Waals surface area contributed by atoms with Gasteiger partial charge in [0.1, 0.15) is 35.5 Å². The molecule has 6 heterocycles. The first-order valence-corrected chi connectivity index (χ1v) is 18.1. The molecule has 18 nitrogen and oxygen atoms in total. The van der Waals surface area contributed by atoms with Crippen molar-refractivity contribution in [3.05, 3.63) is 38.0 Å². The highest BCUT2D eigenvalue weighted by Gasteiger charge is 2.08. The monoisotopic (exact) mass is 740 g/mol. The lowest BCUT2D eigenvalue weighted by Crippen LogP contribution is -2.02. The third-order valence-electron chi connectivity index (χ3n) is 7.82. The van der Waals surface area contributed by atoms with Crippen LogP contribution >= 0.6 is 11.6 Å². The maximum absolute atomic E-state index is 8.74. The number of fused-ring (bicyclic) bond motifs is 3. The molecule has 0 atom stereocenters. The summed E-state index contributed by atoms with van der Waals surface area (Å²) in [6, 6.07) is 0. The number of unbranched alkanes of at least 4 members (excludes halogenated alkanes) is 8. The Labute approximate surface area is 308 Å². The summed E-state index contributed by atoms with van der Waals surface area (Å²) in [5.41, 5.74) is 26.3. The molecule has 52 heavy (non-hydrogen) atoms. The lowest BCUT2D eigenvalue weighted by Gasteiger charge is -2.04. The van der Waals surface area contributed by atoms with E-state index in [2.05, 4.69) is 56.3 Å². The summed E-state index contributed by atoms with van der Waals surface area (Å²) in [6.07, 6.45) is 21.5. The van der Waals surface area contributed by atoms with Crippen molar-refractivity contribution < 1.29 is 10.2 Å². The van der Waals surface area contributed by atoms with E-state index in [1.165, 1.54) is 63.9 Å². The summed E-state index contributed by atoms with van der Waals surface area (Å²) in [7, 11) is 0. The van der Waals surface area contributed by atoms with Gasteiger partial charge in [-0.2, -0.15) is 0 Å². The van der Waals surface area contributed by atoms with E-state index in [0.29, 0.717) is 65.2 Å². The van der Waals surface area contributed by atoms with Crippen LogP contribution < -0.4 is 22.9 Å². The largest absolute Gasteiger partial charge is 0.396 e. The highest BCUT2D eigenvalue weighted by atomic mass is 35.5. The molecular weight excluding hydrogens is 688 g/mol. The van der Waals surface area contributed by atoms with Crippen molar-refractivity contribution in [2.45, 2.75) is 90.8 Å². The van der Waals surface area contributed by atoms with Crippen molar-refractivity contribution in [3.63, 3.8) is 0 Å². The molecule has 0 aliphatic carbocycles. The zero-order valence-electron chi connectivity index (χ0n) is 29.9. The predicted octanol–water partition coefficient (Wildman–Crippen LogP) is 3.31. The fourth-order valence-corrected chi connectivity index (χ4v) is 5.24. The fraction of sp³-hybridized carbons (Fsp3) is 0.545. The summed E-state index contributed by atoms with van der Waals surface area (Å²) >= 11 is 5.61. The Morgan fingerprint density at radius 3 is 1.37 bits per heavy atom. The van der Waals surface area contributed by atoms with Crippen LogP contribution in [0.4, 0.5) is 17.5 Å². The van der Waals surface area contributed by atoms with Gasteiger partial charge in [-0.05, 0) is 32.2 Å². The lowest BCUT2D eigenvalue weighted by atomic mass is 10.1. The van der Waals surface area contributed by atoms with Crippen molar-refractivity contribution in [3.8, 4) is 0 Å². The van der Waals surface area contributed by atoms with Gasteiger partial charge in [0.15, 0.2) is 34.4 Å². The Balaban J connectivity index is 0.000000197. The number of rotatable bonds is 16. The van der Waals surface area contributed by atoms with Gasteiger partial charge in [0.2, 0.25) is 0 Å². The number of nitrogens with two attached hydrogens (primary N) is 4. The molecule has 6 aromatic heterocycles. The van der Waals surface area contributed by atoms with Crippen LogP contribution in [0, 0.1) is 0 Å². The first-order valence-electron chi connectivity index (χ1n) is 17.6. The topological polar surface area (TPSA) is 275 Å². The average molecular weight is 741 g/mol. The number of nitrogen functional groups attached to an aromatic ring is 3. The van der Waals surface area contributed by atoms with Gasteiger partial charge in [0.05, 0.1) is 25.6 Å². The van der Waals surface area contributed by atoms with E-state index in [1.54, 1.807) is 17.2 Å². The summed E-state index contributed by atoms with van der Waals surface area (Å²) < 4.78 is 5.65. The molecule has 0 aromatic carbocycles. The molecule has 0 aliphatic rings. The summed E-state index contributed by atoms with van der Waals surface area (Å²) in [5, 5.41) is 17.0. The Kier molecular flexibility index (Phi) is 18.9. The third-order valence-corrected chi connectivity index (χ3v) is 7.99. The zero-order chi connectivity index (χ0) is 37.6. The van der Waals surface area contributed by atoms with E-state index in [-0.39, 0.29) is 6.61 Å². The Morgan fingerprint density at radius 1 is 0.519 bits per heavy atom. The lowest BCUT2D eigenvalue weighted by molar-refractivity contribution is 0.277. The summed E-state index contributed by atoms with van der Waals surface area (Å²) in [4.78, 5) is 36.3. The molecule has 6 rings (SSSR count). The van der Waals surface area contributed by atoms with Gasteiger partial charge in [0, 0.05) is 32.1 Å². The van der Waals surface area contributed by atoms with Gasteiger partial charge in [-0.1, -0.05) is 45.4 Å². The van der Waals surface area contributed by atoms with Crippen LogP contribution in [-0.2, 0) is 19.6 Å². The standard InChI is InChI=1S/C14H23N5.C7H8ClN5.C7H9N5O.C5H13NO/c1-2-3-4-5-6-7-8-9-19-11-18-12-13(15)16-10-17-14(12)19;8-1-2-13-4-12-5-6(9)10-3-11-7(5)13;8-6-5-7(10-3-9-6)12(1-2-13)4-11-5;6-4-2-1-3-5-7/h10-11H,2-9H2,1H3,(H2,15,16,17);3-4H,1-2H2,(H2,9,10,11);3-4,13H,1-2H2,(H2,8,9,10);7H,1-6H2. The van der Waals surface area contributed by atoms with E-state index in [1.807, 2.05) is 10.9 Å². The molecule has 0 unspecified atom stereocenters. The average Bonchev–Trinajstić information content (AvgIpc) is 3.89. The second kappa shape index (κ2) is 23.6. The first kappa shape index (κ1) is 41.6. The smallest absolute Gasteiger partial charge is 0.165 e. The van der Waals surface area contributed by atoms with Gasteiger partial charge in [0.25, 0.3) is 0 Å². The van der Waals surface area contributed by atoms with Crippen molar-refractivity contribution in [1.82, 2.24) is 58.6 Å². The minimum atomic E-state index is 0.0510. The highest BCUT2D eigenvalue weighted by molar-refractivity contribution is 6.17. The quantitative estimate of drug-likeness (QED) is 0.0613. The summed E-state index contributed by atoms with van der Waals surface area (Å²) in [5.74, 6) is 1.75. The maximum Gasteiger partial charge on any atom is 0.165 e. The van der Waals surface area contributed by atoms with Crippen LogP contribution in [0.25, 0.3) is 33.5 Å². The number of hydrogen-bond donors (Lipinski definition) is 6. The van der Waals surface area contributed by atoms with Crippen LogP contribution in [0.1, 0.15) is 71.1 Å². The molecule has 19 heteroatoms. The van der Waals surface area contributed by atoms with E-state index < -0.39 is 0 Å². The van der Waals surface area contributed by atoms with Crippen molar-refractivity contribution >= 4 is 62.5 Å². The van der Waals surface area contributed by atoms with Gasteiger partial charge in [-0.3, -0.25) is 0 Å². The molecule has 0 saturated heterocycles. The van der Waals surface area contributed by atoms with E-state index >= 15 is 0 Å². The first-order chi connectivity index (χ1) is 25.4. The number of hydrogen-bond acceptors (Lipinski definition) is 15. The zero-order valence-corrected chi connectivity index (χ0v) is 30.7. The van der Waals surface area contributed by atoms with Gasteiger partial charge in [-0.25, -0.2) is 44.9 Å². The van der Waals surface area contributed by atoms with E-state index in [9.17, 15) is 0 Å². The van der Waals surface area contributed by atoms with Crippen molar-refractivity contribution in [2.75, 3.05) is 42.8 Å². The normalized spacial score (nSPS) is 10.8. The van der Waals surface area contributed by atoms with Crippen LogP contribution in [0.15, 0.2) is 38.0 Å². The molecule has 284 valence electrons. The highest BCUT2D eigenvalue weighted by Crippen LogP contribution is 2.16. The van der Waals surface area contributed by atoms with E-state index in [0.717, 1.165) is 43.6 Å². The van der Waals surface area contributed by atoms with Crippen LogP contribution in [0.3, 0.4) is 0 Å². The molecule has 0 radical (unpaired) electrons. The number of aryl methyl sites for hydroxylation is 2. The van der Waals surface area contributed by atoms with Gasteiger partial charge in [-0.15, -0.1) is 11.6 Å². The van der Waals surface area contributed by atoms with Crippen molar-refractivity contribution in [1.29, 1.82) is 0 Å². The third kappa shape index (κ3) is 12.8. The Bertz CT molecular complexity index is 1770. The Hall–Kier alpha value is -4.78. The molecule has 0 amide bonds. The molecule has 6 aromatic rings. The SMILES string of the molecule is CCCCCCCCCn1cnc2c(N)ncnc21.NCCCCCO.Nc1ncnc2c1ncn2CCCl.Nc1ncnc2c1ncn2CCO. The predicted molar refractivity (Wildman–Crippen MR) is 205 cm³/mol. The maximum atomic E-state index is 8.74. The summed E-state index contributed by atoms with van der Waals surface area (Å²) in [6.45, 7) is 5.45. The number of halogens is 1. The number of aliphatic hydroxyl groups is 2. The fourth-order valence-electron chi connectivity index (χ4n) is 5.06. The number of alkyl halides is 1. The van der Waals surface area contributed by atoms with Gasteiger partial charge < -0.3 is 46.8 Å². The Morgan fingerprint density at radius 2 is 0.942 bits per heavy atom. The molecule has 0 aliphatic heterocycles. The minimum absolute atomic E-state index is 0.0510. The number of nitrogens with zero attached hydrogens (tertiary/aromatic N) is 12. The number of imidazole rings is 3. The van der Waals surface area contributed by atoms with Crippen LogP contribution in [0.2, 0.25) is 0 Å². The molecule has 0 saturated carbocycles.